The van der Waals surface area contributed by atoms with Crippen LogP contribution in [0.5, 0.6) is 5.75 Å². The Morgan fingerprint density at radius 1 is 1.50 bits per heavy atom. The summed E-state index contributed by atoms with van der Waals surface area (Å²) in [5.74, 6) is 0.622. The van der Waals surface area contributed by atoms with Crippen LogP contribution in [-0.4, -0.2) is 16.1 Å². The molecular formula is C11H9ClN2O2. The topological polar surface area (TPSA) is 44.1 Å². The summed E-state index contributed by atoms with van der Waals surface area (Å²) >= 11 is 5.70. The van der Waals surface area contributed by atoms with Gasteiger partial charge in [-0.05, 0) is 12.1 Å². The fourth-order valence-electron chi connectivity index (χ4n) is 1.23. The second-order valence-electron chi connectivity index (χ2n) is 3.16. The van der Waals surface area contributed by atoms with Gasteiger partial charge in [0.2, 0.25) is 0 Å². The highest BCUT2D eigenvalue weighted by Crippen LogP contribution is 2.13. The molecule has 1 aromatic heterocycles. The largest absolute Gasteiger partial charge is 0.471 e. The van der Waals surface area contributed by atoms with Crippen LogP contribution in [0.25, 0.3) is 0 Å². The van der Waals surface area contributed by atoms with E-state index in [4.69, 9.17) is 16.3 Å². The van der Waals surface area contributed by atoms with Crippen molar-refractivity contribution in [3.63, 3.8) is 0 Å². The van der Waals surface area contributed by atoms with Gasteiger partial charge >= 0.3 is 0 Å². The first-order valence-corrected chi connectivity index (χ1v) is 5.02. The summed E-state index contributed by atoms with van der Waals surface area (Å²) in [5, 5.41) is 4.52. The van der Waals surface area contributed by atoms with Gasteiger partial charge < -0.3 is 4.74 Å². The van der Waals surface area contributed by atoms with Crippen molar-refractivity contribution in [2.45, 2.75) is 6.73 Å². The monoisotopic (exact) mass is 236 g/mol. The van der Waals surface area contributed by atoms with E-state index in [0.717, 1.165) is 6.29 Å². The molecule has 1 heterocycles. The zero-order valence-electron chi connectivity index (χ0n) is 8.34. The summed E-state index contributed by atoms with van der Waals surface area (Å²) < 4.78 is 7.00. The van der Waals surface area contributed by atoms with Gasteiger partial charge in [-0.15, -0.1) is 0 Å². The quantitative estimate of drug-likeness (QED) is 0.766. The van der Waals surface area contributed by atoms with Crippen LogP contribution in [0, 0.1) is 0 Å². The summed E-state index contributed by atoms with van der Waals surface area (Å²) in [7, 11) is 0. The molecule has 0 fully saturated rings. The lowest BCUT2D eigenvalue weighted by molar-refractivity contribution is 0.112. The minimum Gasteiger partial charge on any atom is -0.471 e. The van der Waals surface area contributed by atoms with Gasteiger partial charge in [-0.3, -0.25) is 4.79 Å². The molecule has 2 rings (SSSR count). The van der Waals surface area contributed by atoms with Crippen LogP contribution in [0.15, 0.2) is 36.7 Å². The number of halogens is 1. The van der Waals surface area contributed by atoms with E-state index in [1.807, 2.05) is 0 Å². The number of hydrogen-bond acceptors (Lipinski definition) is 3. The SMILES string of the molecule is O=Cc1cccc(OCn2cc(Cl)cn2)c1. The maximum atomic E-state index is 10.5. The summed E-state index contributed by atoms with van der Waals surface area (Å²) in [5.41, 5.74) is 0.580. The van der Waals surface area contributed by atoms with E-state index >= 15 is 0 Å². The van der Waals surface area contributed by atoms with Gasteiger partial charge in [-0.2, -0.15) is 5.10 Å². The number of nitrogens with zero attached hydrogens (tertiary/aromatic N) is 2. The lowest BCUT2D eigenvalue weighted by atomic mass is 10.2. The molecule has 1 aromatic carbocycles. The third-order valence-electron chi connectivity index (χ3n) is 1.96. The molecule has 5 heteroatoms. The summed E-state index contributed by atoms with van der Waals surface area (Å²) in [6, 6.07) is 6.91. The molecule has 0 atom stereocenters. The van der Waals surface area contributed by atoms with Crippen molar-refractivity contribution >= 4 is 17.9 Å². The van der Waals surface area contributed by atoms with E-state index in [-0.39, 0.29) is 6.73 Å². The minimum atomic E-state index is 0.259. The normalized spacial score (nSPS) is 10.1. The first kappa shape index (κ1) is 10.7. The predicted octanol–water partition coefficient (Wildman–Crippen LogP) is 2.39. The van der Waals surface area contributed by atoms with E-state index in [1.54, 1.807) is 35.1 Å². The lowest BCUT2D eigenvalue weighted by Gasteiger charge is -2.05. The number of rotatable bonds is 4. The molecule has 0 amide bonds. The summed E-state index contributed by atoms with van der Waals surface area (Å²) in [6.45, 7) is 0.259. The Balaban J connectivity index is 2.01. The Hall–Kier alpha value is -1.81. The standard InChI is InChI=1S/C11H9ClN2O2/c12-10-5-13-14(6-10)8-16-11-3-1-2-9(4-11)7-15/h1-7H,8H2. The number of ether oxygens (including phenoxy) is 1. The van der Waals surface area contributed by atoms with E-state index in [0.29, 0.717) is 16.3 Å². The lowest BCUT2D eigenvalue weighted by Crippen LogP contribution is -2.05. The molecule has 16 heavy (non-hydrogen) atoms. The Labute approximate surface area is 97.4 Å². The highest BCUT2D eigenvalue weighted by atomic mass is 35.5. The molecule has 0 N–H and O–H groups in total. The Bertz CT molecular complexity index is 496. The van der Waals surface area contributed by atoms with Crippen molar-refractivity contribution < 1.29 is 9.53 Å². The first-order chi connectivity index (χ1) is 7.78. The fourth-order valence-corrected chi connectivity index (χ4v) is 1.38. The van der Waals surface area contributed by atoms with E-state index in [2.05, 4.69) is 5.10 Å². The molecule has 0 aliphatic heterocycles. The average Bonchev–Trinajstić information content (AvgIpc) is 2.73. The number of carbonyl (C=O) groups is 1. The fraction of sp³-hybridized carbons (Fsp3) is 0.0909. The average molecular weight is 237 g/mol. The molecular weight excluding hydrogens is 228 g/mol. The number of benzene rings is 1. The maximum absolute atomic E-state index is 10.5. The Kier molecular flexibility index (Phi) is 3.22. The maximum Gasteiger partial charge on any atom is 0.180 e. The number of aldehydes is 1. The van der Waals surface area contributed by atoms with Gasteiger partial charge in [-0.25, -0.2) is 4.68 Å². The molecule has 4 nitrogen and oxygen atoms in total. The van der Waals surface area contributed by atoms with Crippen LogP contribution >= 0.6 is 11.6 Å². The summed E-state index contributed by atoms with van der Waals surface area (Å²) in [6.07, 6.45) is 3.97. The zero-order chi connectivity index (χ0) is 11.4. The second kappa shape index (κ2) is 4.81. The van der Waals surface area contributed by atoms with Gasteiger partial charge in [-0.1, -0.05) is 23.7 Å². The van der Waals surface area contributed by atoms with Gasteiger partial charge in [0.25, 0.3) is 0 Å². The third-order valence-corrected chi connectivity index (χ3v) is 2.15. The van der Waals surface area contributed by atoms with Crippen molar-refractivity contribution in [2.75, 3.05) is 0 Å². The van der Waals surface area contributed by atoms with Crippen LogP contribution in [-0.2, 0) is 6.73 Å². The summed E-state index contributed by atoms with van der Waals surface area (Å²) in [4.78, 5) is 10.5. The van der Waals surface area contributed by atoms with Crippen LogP contribution in [0.3, 0.4) is 0 Å². The molecule has 2 aromatic rings. The highest BCUT2D eigenvalue weighted by molar-refractivity contribution is 6.30. The molecule has 0 aliphatic rings. The first-order valence-electron chi connectivity index (χ1n) is 4.64. The molecule has 0 saturated heterocycles. The number of hydrogen-bond donors (Lipinski definition) is 0. The second-order valence-corrected chi connectivity index (χ2v) is 3.60. The number of carbonyl (C=O) groups excluding carboxylic acids is 1. The minimum absolute atomic E-state index is 0.259. The Morgan fingerprint density at radius 3 is 3.06 bits per heavy atom. The smallest absolute Gasteiger partial charge is 0.180 e. The molecule has 0 unspecified atom stereocenters. The molecule has 0 spiro atoms. The van der Waals surface area contributed by atoms with Gasteiger partial charge in [0.05, 0.1) is 11.2 Å². The van der Waals surface area contributed by atoms with Crippen molar-refractivity contribution in [3.8, 4) is 5.75 Å². The van der Waals surface area contributed by atoms with E-state index < -0.39 is 0 Å². The van der Waals surface area contributed by atoms with Gasteiger partial charge in [0.1, 0.15) is 12.0 Å². The van der Waals surface area contributed by atoms with Crippen LogP contribution in [0.4, 0.5) is 0 Å². The molecule has 0 aliphatic carbocycles. The van der Waals surface area contributed by atoms with E-state index in [9.17, 15) is 4.79 Å². The molecule has 82 valence electrons. The van der Waals surface area contributed by atoms with Gasteiger partial charge in [0.15, 0.2) is 6.73 Å². The van der Waals surface area contributed by atoms with Crippen molar-refractivity contribution in [2.24, 2.45) is 0 Å². The Morgan fingerprint density at radius 2 is 2.38 bits per heavy atom. The zero-order valence-corrected chi connectivity index (χ0v) is 9.09. The van der Waals surface area contributed by atoms with E-state index in [1.165, 1.54) is 6.20 Å². The highest BCUT2D eigenvalue weighted by Gasteiger charge is 1.98. The van der Waals surface area contributed by atoms with Crippen LogP contribution < -0.4 is 4.74 Å². The molecule has 0 radical (unpaired) electrons. The van der Waals surface area contributed by atoms with Gasteiger partial charge in [0, 0.05) is 11.8 Å². The number of aromatic nitrogens is 2. The van der Waals surface area contributed by atoms with Crippen molar-refractivity contribution in [1.29, 1.82) is 0 Å². The van der Waals surface area contributed by atoms with Crippen LogP contribution in [0.1, 0.15) is 10.4 Å². The van der Waals surface area contributed by atoms with Crippen LogP contribution in [0.2, 0.25) is 5.02 Å². The predicted molar refractivity (Wildman–Crippen MR) is 59.7 cm³/mol. The molecule has 0 bridgehead atoms. The molecule has 0 saturated carbocycles. The van der Waals surface area contributed by atoms with Crippen molar-refractivity contribution in [3.05, 3.63) is 47.2 Å². The van der Waals surface area contributed by atoms with Crippen molar-refractivity contribution in [1.82, 2.24) is 9.78 Å². The third kappa shape index (κ3) is 2.61.